The maximum Gasteiger partial charge on any atom is 0.237 e. The van der Waals surface area contributed by atoms with E-state index in [0.717, 1.165) is 24.3 Å². The molecule has 2 aromatic rings. The third-order valence-electron chi connectivity index (χ3n) is 2.79. The Bertz CT molecular complexity index is 486. The lowest BCUT2D eigenvalue weighted by Gasteiger charge is -2.13. The van der Waals surface area contributed by atoms with Crippen LogP contribution in [-0.2, 0) is 6.42 Å². The molecule has 1 unspecified atom stereocenters. The molecule has 1 atom stereocenters. The summed E-state index contributed by atoms with van der Waals surface area (Å²) in [4.78, 5) is 0. The van der Waals surface area contributed by atoms with E-state index in [2.05, 4.69) is 40.8 Å². The van der Waals surface area contributed by atoms with Gasteiger partial charge in [-0.15, -0.1) is 10.2 Å². The Kier molecular flexibility index (Phi) is 5.42. The van der Waals surface area contributed by atoms with Crippen molar-refractivity contribution in [1.29, 1.82) is 0 Å². The minimum atomic E-state index is -0.0262. The number of hydrogen-bond acceptors (Lipinski definition) is 5. The van der Waals surface area contributed by atoms with Gasteiger partial charge in [0.05, 0.1) is 0 Å². The maximum absolute atomic E-state index is 5.76. The summed E-state index contributed by atoms with van der Waals surface area (Å²) in [5.74, 6) is 2.35. The number of nitrogens with one attached hydrogen (secondary N) is 1. The van der Waals surface area contributed by atoms with Gasteiger partial charge >= 0.3 is 0 Å². The van der Waals surface area contributed by atoms with E-state index in [9.17, 15) is 0 Å². The number of hydrogen-bond donors (Lipinski definition) is 1. The molecule has 1 heterocycles. The average molecular weight is 277 g/mol. The van der Waals surface area contributed by atoms with Crippen molar-refractivity contribution >= 4 is 11.8 Å². The van der Waals surface area contributed by atoms with Gasteiger partial charge in [0.15, 0.2) is 0 Å². The first-order valence-corrected chi connectivity index (χ1v) is 7.84. The molecule has 0 aliphatic rings. The van der Waals surface area contributed by atoms with Crippen LogP contribution in [0.3, 0.4) is 0 Å². The second-order valence-corrected chi connectivity index (χ2v) is 5.16. The van der Waals surface area contributed by atoms with Crippen LogP contribution in [0.1, 0.15) is 30.3 Å². The van der Waals surface area contributed by atoms with Crippen LogP contribution in [0.4, 0.5) is 0 Å². The fraction of sp³-hybridized carbons (Fsp3) is 0.429. The highest BCUT2D eigenvalue weighted by atomic mass is 32.2. The molecule has 5 heteroatoms. The number of benzene rings is 1. The summed E-state index contributed by atoms with van der Waals surface area (Å²) in [6.45, 7) is 2.92. The van der Waals surface area contributed by atoms with E-state index < -0.39 is 0 Å². The van der Waals surface area contributed by atoms with E-state index in [4.69, 9.17) is 4.42 Å². The monoisotopic (exact) mass is 277 g/mol. The van der Waals surface area contributed by atoms with Crippen LogP contribution in [0.2, 0.25) is 0 Å². The molecule has 1 N–H and O–H groups in total. The van der Waals surface area contributed by atoms with Gasteiger partial charge in [0.25, 0.3) is 0 Å². The van der Waals surface area contributed by atoms with Gasteiger partial charge in [0.2, 0.25) is 11.8 Å². The van der Waals surface area contributed by atoms with Crippen molar-refractivity contribution in [3.8, 4) is 0 Å². The minimum Gasteiger partial charge on any atom is -0.423 e. The molecule has 0 spiro atoms. The van der Waals surface area contributed by atoms with Crippen LogP contribution >= 0.6 is 11.8 Å². The summed E-state index contributed by atoms with van der Waals surface area (Å²) in [7, 11) is 0. The fourth-order valence-corrected chi connectivity index (χ4v) is 2.25. The summed E-state index contributed by atoms with van der Waals surface area (Å²) in [6.07, 6.45) is 2.89. The molecule has 0 saturated heterocycles. The van der Waals surface area contributed by atoms with Crippen LogP contribution in [0, 0.1) is 0 Å². The van der Waals surface area contributed by atoms with Crippen LogP contribution < -0.4 is 5.32 Å². The van der Waals surface area contributed by atoms with E-state index in [-0.39, 0.29) is 6.04 Å². The third-order valence-corrected chi connectivity index (χ3v) is 3.40. The maximum atomic E-state index is 5.76. The first kappa shape index (κ1) is 14.1. The Morgan fingerprint density at radius 2 is 2.05 bits per heavy atom. The molecule has 4 nitrogen and oxygen atoms in total. The Balaban J connectivity index is 2.17. The summed E-state index contributed by atoms with van der Waals surface area (Å²) in [6, 6.07) is 10.2. The number of aryl methyl sites for hydroxylation is 1. The van der Waals surface area contributed by atoms with Gasteiger partial charge in [-0.1, -0.05) is 37.3 Å². The lowest BCUT2D eigenvalue weighted by molar-refractivity contribution is 0.412. The molecule has 2 rings (SSSR count). The minimum absolute atomic E-state index is 0.0262. The standard InChI is InChI=1S/C14H19N3OS/c1-3-15-13(11-7-5-4-6-8-11)14-17-16-12(18-14)9-10-19-2/h4-8,13,15H,3,9-10H2,1-2H3. The van der Waals surface area contributed by atoms with Crippen molar-refractivity contribution in [2.24, 2.45) is 0 Å². The van der Waals surface area contributed by atoms with Crippen LogP contribution in [0.15, 0.2) is 34.7 Å². The Morgan fingerprint density at radius 3 is 2.74 bits per heavy atom. The van der Waals surface area contributed by atoms with Gasteiger partial charge in [0, 0.05) is 12.2 Å². The van der Waals surface area contributed by atoms with Gasteiger partial charge in [-0.2, -0.15) is 11.8 Å². The van der Waals surface area contributed by atoms with Crippen molar-refractivity contribution in [2.75, 3.05) is 18.6 Å². The first-order valence-electron chi connectivity index (χ1n) is 6.44. The highest BCUT2D eigenvalue weighted by Gasteiger charge is 2.19. The van der Waals surface area contributed by atoms with Crippen molar-refractivity contribution in [1.82, 2.24) is 15.5 Å². The number of thioether (sulfide) groups is 1. The fourth-order valence-electron chi connectivity index (χ4n) is 1.87. The molecule has 0 radical (unpaired) electrons. The smallest absolute Gasteiger partial charge is 0.237 e. The van der Waals surface area contributed by atoms with Crippen molar-refractivity contribution < 1.29 is 4.42 Å². The van der Waals surface area contributed by atoms with E-state index in [1.54, 1.807) is 11.8 Å². The molecule has 102 valence electrons. The average Bonchev–Trinajstić information content (AvgIpc) is 2.92. The molecule has 19 heavy (non-hydrogen) atoms. The highest BCUT2D eigenvalue weighted by molar-refractivity contribution is 7.98. The molecular weight excluding hydrogens is 258 g/mol. The molecular formula is C14H19N3OS. The van der Waals surface area contributed by atoms with Crippen molar-refractivity contribution in [3.05, 3.63) is 47.7 Å². The predicted molar refractivity (Wildman–Crippen MR) is 78.3 cm³/mol. The number of nitrogens with zero attached hydrogens (tertiary/aromatic N) is 2. The molecule has 0 bridgehead atoms. The Hall–Kier alpha value is -1.33. The van der Waals surface area contributed by atoms with Gasteiger partial charge in [-0.3, -0.25) is 0 Å². The van der Waals surface area contributed by atoms with Crippen LogP contribution in [0.5, 0.6) is 0 Å². The Labute approximate surface area is 118 Å². The van der Waals surface area contributed by atoms with Crippen LogP contribution in [0.25, 0.3) is 0 Å². The summed E-state index contributed by atoms with van der Waals surface area (Å²) < 4.78 is 5.76. The van der Waals surface area contributed by atoms with Gasteiger partial charge in [0.1, 0.15) is 6.04 Å². The second kappa shape index (κ2) is 7.31. The molecule has 0 aliphatic heterocycles. The zero-order chi connectivity index (χ0) is 13.5. The quantitative estimate of drug-likeness (QED) is 0.843. The lowest BCUT2D eigenvalue weighted by Crippen LogP contribution is -2.22. The molecule has 0 fully saturated rings. The second-order valence-electron chi connectivity index (χ2n) is 4.18. The van der Waals surface area contributed by atoms with E-state index in [1.807, 2.05) is 18.2 Å². The van der Waals surface area contributed by atoms with Gasteiger partial charge in [-0.25, -0.2) is 0 Å². The van der Waals surface area contributed by atoms with Crippen molar-refractivity contribution in [2.45, 2.75) is 19.4 Å². The lowest BCUT2D eigenvalue weighted by atomic mass is 10.1. The number of rotatable bonds is 7. The summed E-state index contributed by atoms with van der Waals surface area (Å²) >= 11 is 1.78. The van der Waals surface area contributed by atoms with E-state index >= 15 is 0 Å². The summed E-state index contributed by atoms with van der Waals surface area (Å²) in [5, 5.41) is 11.7. The topological polar surface area (TPSA) is 51.0 Å². The molecule has 0 saturated carbocycles. The molecule has 0 amide bonds. The highest BCUT2D eigenvalue weighted by Crippen LogP contribution is 2.21. The number of aromatic nitrogens is 2. The predicted octanol–water partition coefficient (Wildman–Crippen LogP) is 2.67. The normalized spacial score (nSPS) is 12.5. The van der Waals surface area contributed by atoms with Gasteiger partial charge < -0.3 is 9.73 Å². The van der Waals surface area contributed by atoms with Crippen LogP contribution in [-0.4, -0.2) is 28.8 Å². The summed E-state index contributed by atoms with van der Waals surface area (Å²) in [5.41, 5.74) is 1.14. The zero-order valence-electron chi connectivity index (χ0n) is 11.3. The Morgan fingerprint density at radius 1 is 1.26 bits per heavy atom. The first-order chi connectivity index (χ1) is 9.35. The van der Waals surface area contributed by atoms with Gasteiger partial charge in [-0.05, 0) is 18.4 Å². The SMILES string of the molecule is CCNC(c1ccccc1)c1nnc(CCSC)o1. The molecule has 1 aromatic heterocycles. The third kappa shape index (κ3) is 3.81. The van der Waals surface area contributed by atoms with Crippen molar-refractivity contribution in [3.63, 3.8) is 0 Å². The molecule has 1 aromatic carbocycles. The zero-order valence-corrected chi connectivity index (χ0v) is 12.1. The molecule has 0 aliphatic carbocycles. The van der Waals surface area contributed by atoms with E-state index in [1.165, 1.54) is 0 Å². The van der Waals surface area contributed by atoms with E-state index in [0.29, 0.717) is 11.8 Å². The largest absolute Gasteiger partial charge is 0.423 e.